The van der Waals surface area contributed by atoms with Gasteiger partial charge in [-0.25, -0.2) is 9.78 Å². The Kier molecular flexibility index (Phi) is 6.77. The fraction of sp³-hybridized carbons (Fsp3) is 0.211. The van der Waals surface area contributed by atoms with Gasteiger partial charge < -0.3 is 14.6 Å². The first-order valence-electron chi connectivity index (χ1n) is 8.44. The molecule has 1 aromatic carbocycles. The molecule has 3 rings (SSSR count). The van der Waals surface area contributed by atoms with Gasteiger partial charge in [0.05, 0.1) is 13.2 Å². The Labute approximate surface area is 175 Å². The van der Waals surface area contributed by atoms with Crippen LogP contribution in [-0.4, -0.2) is 34.3 Å². The van der Waals surface area contributed by atoms with Gasteiger partial charge in [-0.15, -0.1) is 11.3 Å². The molecule has 2 heterocycles. The third-order valence-corrected chi connectivity index (χ3v) is 5.61. The minimum absolute atomic E-state index is 0.180. The van der Waals surface area contributed by atoms with E-state index in [0.29, 0.717) is 22.3 Å². The summed E-state index contributed by atoms with van der Waals surface area (Å²) in [6.45, 7) is 2.42. The highest BCUT2D eigenvalue weighted by molar-refractivity contribution is 7.98. The van der Waals surface area contributed by atoms with Gasteiger partial charge in [-0.3, -0.25) is 4.79 Å². The van der Waals surface area contributed by atoms with Crippen molar-refractivity contribution in [2.24, 2.45) is 0 Å². The van der Waals surface area contributed by atoms with Crippen LogP contribution in [0.2, 0.25) is 5.02 Å². The first-order chi connectivity index (χ1) is 13.5. The first-order valence-corrected chi connectivity index (χ1v) is 10.9. The average molecular weight is 436 g/mol. The van der Waals surface area contributed by atoms with Gasteiger partial charge in [0.2, 0.25) is 0 Å². The summed E-state index contributed by atoms with van der Waals surface area (Å²) in [4.78, 5) is 30.8. The highest BCUT2D eigenvalue weighted by atomic mass is 35.5. The Morgan fingerprint density at radius 3 is 2.64 bits per heavy atom. The lowest BCUT2D eigenvalue weighted by molar-refractivity contribution is 0.0514. The number of anilines is 1. The number of benzene rings is 1. The SMILES string of the molecule is CCOC(=O)c1c(NC(=O)c2ccc(Cl)cc2)nc(SC)n1Cc1cccs1. The number of carbonyl (C=O) groups excluding carboxylic acids is 2. The van der Waals surface area contributed by atoms with E-state index in [1.54, 1.807) is 47.1 Å². The molecule has 9 heteroatoms. The molecule has 0 fully saturated rings. The van der Waals surface area contributed by atoms with Crippen LogP contribution < -0.4 is 5.32 Å². The van der Waals surface area contributed by atoms with Crippen LogP contribution in [0.1, 0.15) is 32.6 Å². The lowest BCUT2D eigenvalue weighted by Gasteiger charge is -2.10. The van der Waals surface area contributed by atoms with Gasteiger partial charge in [0.1, 0.15) is 0 Å². The van der Waals surface area contributed by atoms with Crippen LogP contribution in [0.15, 0.2) is 46.9 Å². The fourth-order valence-corrected chi connectivity index (χ4v) is 3.95. The molecule has 0 bridgehead atoms. The van der Waals surface area contributed by atoms with Gasteiger partial charge in [-0.05, 0) is 48.9 Å². The first kappa shape index (κ1) is 20.4. The number of thiophene rings is 1. The molecule has 0 unspecified atom stereocenters. The topological polar surface area (TPSA) is 73.2 Å². The molecule has 0 spiro atoms. The zero-order valence-electron chi connectivity index (χ0n) is 15.3. The number of rotatable bonds is 7. The Balaban J connectivity index is 1.99. The predicted octanol–water partition coefficient (Wildman–Crippen LogP) is 4.80. The number of halogens is 1. The molecule has 0 aliphatic rings. The zero-order chi connectivity index (χ0) is 20.1. The number of imidazole rings is 1. The number of hydrogen-bond acceptors (Lipinski definition) is 6. The molecule has 6 nitrogen and oxygen atoms in total. The summed E-state index contributed by atoms with van der Waals surface area (Å²) in [5.74, 6) is -0.729. The van der Waals surface area contributed by atoms with Crippen molar-refractivity contribution in [1.82, 2.24) is 9.55 Å². The molecule has 28 heavy (non-hydrogen) atoms. The molecule has 0 saturated heterocycles. The predicted molar refractivity (Wildman–Crippen MR) is 113 cm³/mol. The van der Waals surface area contributed by atoms with Crippen LogP contribution in [-0.2, 0) is 11.3 Å². The van der Waals surface area contributed by atoms with Crippen molar-refractivity contribution < 1.29 is 14.3 Å². The molecule has 0 aliphatic heterocycles. The van der Waals surface area contributed by atoms with Crippen LogP contribution in [0.5, 0.6) is 0 Å². The summed E-state index contributed by atoms with van der Waals surface area (Å²) < 4.78 is 6.98. The molecular weight excluding hydrogens is 418 g/mol. The van der Waals surface area contributed by atoms with E-state index in [1.165, 1.54) is 11.8 Å². The van der Waals surface area contributed by atoms with Crippen LogP contribution in [0.25, 0.3) is 0 Å². The molecule has 3 aromatic rings. The number of esters is 1. The summed E-state index contributed by atoms with van der Waals surface area (Å²) in [6.07, 6.45) is 1.87. The maximum atomic E-state index is 12.6. The van der Waals surface area contributed by atoms with E-state index in [1.807, 2.05) is 23.8 Å². The third-order valence-electron chi connectivity index (χ3n) is 3.82. The van der Waals surface area contributed by atoms with E-state index in [-0.39, 0.29) is 24.0 Å². The number of hydrogen-bond donors (Lipinski definition) is 1. The molecule has 0 aliphatic carbocycles. The highest BCUT2D eigenvalue weighted by Gasteiger charge is 2.26. The van der Waals surface area contributed by atoms with Crippen molar-refractivity contribution >= 4 is 52.4 Å². The zero-order valence-corrected chi connectivity index (χ0v) is 17.7. The van der Waals surface area contributed by atoms with Crippen molar-refractivity contribution in [2.75, 3.05) is 18.2 Å². The van der Waals surface area contributed by atoms with Crippen molar-refractivity contribution in [3.63, 3.8) is 0 Å². The lowest BCUT2D eigenvalue weighted by Crippen LogP contribution is -2.18. The number of amides is 1. The van der Waals surface area contributed by atoms with E-state index in [0.717, 1.165) is 4.88 Å². The van der Waals surface area contributed by atoms with Gasteiger partial charge in [0.25, 0.3) is 5.91 Å². The normalized spacial score (nSPS) is 10.7. The van der Waals surface area contributed by atoms with Crippen molar-refractivity contribution in [2.45, 2.75) is 18.6 Å². The second kappa shape index (κ2) is 9.27. The minimum atomic E-state index is -0.529. The van der Waals surface area contributed by atoms with E-state index >= 15 is 0 Å². The summed E-state index contributed by atoms with van der Waals surface area (Å²) in [5, 5.41) is 5.86. The molecule has 0 atom stereocenters. The van der Waals surface area contributed by atoms with Crippen LogP contribution in [0.3, 0.4) is 0 Å². The van der Waals surface area contributed by atoms with Gasteiger partial charge in [-0.1, -0.05) is 29.4 Å². The van der Waals surface area contributed by atoms with Crippen molar-refractivity contribution in [3.05, 3.63) is 62.9 Å². The molecule has 2 aromatic heterocycles. The average Bonchev–Trinajstić information content (AvgIpc) is 3.30. The molecule has 146 valence electrons. The lowest BCUT2D eigenvalue weighted by atomic mass is 10.2. The summed E-state index contributed by atoms with van der Waals surface area (Å²) in [6, 6.07) is 10.4. The van der Waals surface area contributed by atoms with Crippen molar-refractivity contribution in [1.29, 1.82) is 0 Å². The Morgan fingerprint density at radius 1 is 1.29 bits per heavy atom. The third kappa shape index (κ3) is 4.57. The molecule has 0 saturated carbocycles. The van der Waals surface area contributed by atoms with Crippen molar-refractivity contribution in [3.8, 4) is 0 Å². The van der Waals surface area contributed by atoms with Gasteiger partial charge in [-0.2, -0.15) is 0 Å². The molecule has 0 radical (unpaired) electrons. The minimum Gasteiger partial charge on any atom is -0.461 e. The highest BCUT2D eigenvalue weighted by Crippen LogP contribution is 2.27. The van der Waals surface area contributed by atoms with Gasteiger partial charge in [0.15, 0.2) is 16.7 Å². The van der Waals surface area contributed by atoms with E-state index in [9.17, 15) is 9.59 Å². The van der Waals surface area contributed by atoms with Gasteiger partial charge >= 0.3 is 5.97 Å². The van der Waals surface area contributed by atoms with Gasteiger partial charge in [0, 0.05) is 15.5 Å². The summed E-state index contributed by atoms with van der Waals surface area (Å²) in [7, 11) is 0. The maximum Gasteiger partial charge on any atom is 0.358 e. The number of thioether (sulfide) groups is 1. The quantitative estimate of drug-likeness (QED) is 0.426. The summed E-state index contributed by atoms with van der Waals surface area (Å²) >= 11 is 8.85. The van der Waals surface area contributed by atoms with E-state index in [4.69, 9.17) is 16.3 Å². The van der Waals surface area contributed by atoms with Crippen LogP contribution in [0, 0.1) is 0 Å². The Morgan fingerprint density at radius 2 is 2.04 bits per heavy atom. The second-order valence-corrected chi connectivity index (χ2v) is 7.88. The van der Waals surface area contributed by atoms with E-state index < -0.39 is 5.97 Å². The van der Waals surface area contributed by atoms with E-state index in [2.05, 4.69) is 10.3 Å². The number of nitrogens with zero attached hydrogens (tertiary/aromatic N) is 2. The second-order valence-electron chi connectivity index (χ2n) is 5.64. The number of ether oxygens (including phenoxy) is 1. The fourth-order valence-electron chi connectivity index (χ4n) is 2.57. The standard InChI is InChI=1S/C19H18ClN3O3S2/c1-3-26-18(25)15-16(21-17(24)12-6-8-13(20)9-7-12)22-19(27-2)23(15)11-14-5-4-10-28-14/h4-10H,3,11H2,1-2H3,(H,21,24). The molecular formula is C19H18ClN3O3S2. The number of carbonyl (C=O) groups is 2. The van der Waals surface area contributed by atoms with Crippen LogP contribution >= 0.6 is 34.7 Å². The van der Waals surface area contributed by atoms with Crippen LogP contribution in [0.4, 0.5) is 5.82 Å². The Bertz CT molecular complexity index is 969. The maximum absolute atomic E-state index is 12.6. The largest absolute Gasteiger partial charge is 0.461 e. The molecule has 1 N–H and O–H groups in total. The number of aromatic nitrogens is 2. The Hall–Kier alpha value is -2.29. The number of nitrogens with one attached hydrogen (secondary N) is 1. The molecule has 1 amide bonds. The smallest absolute Gasteiger partial charge is 0.358 e. The summed E-state index contributed by atoms with van der Waals surface area (Å²) in [5.41, 5.74) is 0.639. The monoisotopic (exact) mass is 435 g/mol.